The monoisotopic (exact) mass is 340 g/mol. The molecule has 0 bridgehead atoms. The highest BCUT2D eigenvalue weighted by atomic mass is 32.3. The Balaban J connectivity index is 2.16. The predicted molar refractivity (Wildman–Crippen MR) is 84.4 cm³/mol. The van der Waals surface area contributed by atoms with Gasteiger partial charge in [-0.3, -0.25) is 18.7 Å². The maximum Gasteiger partial charge on any atom is 0.326 e. The quantitative estimate of drug-likeness (QED) is 0.541. The Morgan fingerprint density at radius 3 is 2.30 bits per heavy atom. The number of carbonyl (C=O) groups excluding carboxylic acids is 2. The Morgan fingerprint density at radius 1 is 1.26 bits per heavy atom. The van der Waals surface area contributed by atoms with Crippen molar-refractivity contribution < 1.29 is 28.6 Å². The van der Waals surface area contributed by atoms with Gasteiger partial charge in [0, 0.05) is 19.4 Å². The fourth-order valence-electron chi connectivity index (χ4n) is 2.16. The second kappa shape index (κ2) is 6.41. The third kappa shape index (κ3) is 4.09. The van der Waals surface area contributed by atoms with Gasteiger partial charge in [-0.1, -0.05) is 35.0 Å². The van der Waals surface area contributed by atoms with Crippen LogP contribution in [-0.4, -0.2) is 38.0 Å². The standard InChI is InChI=1S/C14H16N2O6S/c1-8(17)15-11(14(19)20)6-9-2-4-10(5-3-9)12-7-13(18)16-23(12,21)22/h2-5,7,11,21-22H,6H2,1H3,(H,15,17)(H,16,18)(H,19,20)/t11-/m0/s1. The van der Waals surface area contributed by atoms with Gasteiger partial charge in [0.15, 0.2) is 0 Å². The highest BCUT2D eigenvalue weighted by molar-refractivity contribution is 8.31. The molecule has 1 aromatic rings. The van der Waals surface area contributed by atoms with Crippen LogP contribution in [0.3, 0.4) is 0 Å². The predicted octanol–water partition coefficient (Wildman–Crippen LogP) is 0.955. The van der Waals surface area contributed by atoms with Gasteiger partial charge >= 0.3 is 5.97 Å². The minimum absolute atomic E-state index is 0.0850. The number of aliphatic carboxylic acids is 1. The average Bonchev–Trinajstić information content (AvgIpc) is 2.71. The van der Waals surface area contributed by atoms with Crippen molar-refractivity contribution in [2.75, 3.05) is 0 Å². The molecule has 0 radical (unpaired) electrons. The lowest BCUT2D eigenvalue weighted by molar-refractivity contribution is -0.141. The van der Waals surface area contributed by atoms with Crippen LogP contribution in [0.2, 0.25) is 0 Å². The number of nitrogens with one attached hydrogen (secondary N) is 2. The van der Waals surface area contributed by atoms with Crippen molar-refractivity contribution >= 4 is 33.5 Å². The minimum atomic E-state index is -3.34. The molecule has 1 heterocycles. The van der Waals surface area contributed by atoms with Crippen LogP contribution in [0.15, 0.2) is 30.3 Å². The summed E-state index contributed by atoms with van der Waals surface area (Å²) in [6.45, 7) is 1.24. The molecule has 1 aliphatic rings. The number of carboxylic acid groups (broad SMARTS) is 1. The summed E-state index contributed by atoms with van der Waals surface area (Å²) in [5, 5.41) is 11.4. The number of rotatable bonds is 5. The zero-order chi connectivity index (χ0) is 17.2. The molecular weight excluding hydrogens is 324 g/mol. The van der Waals surface area contributed by atoms with E-state index in [-0.39, 0.29) is 11.3 Å². The summed E-state index contributed by atoms with van der Waals surface area (Å²) in [6.07, 6.45) is 1.20. The lowest BCUT2D eigenvalue weighted by Crippen LogP contribution is -2.41. The van der Waals surface area contributed by atoms with E-state index in [1.807, 2.05) is 0 Å². The number of hydrogen-bond donors (Lipinski definition) is 5. The van der Waals surface area contributed by atoms with Gasteiger partial charge in [0.05, 0.1) is 4.91 Å². The number of carboxylic acids is 1. The number of carbonyl (C=O) groups is 3. The molecule has 0 saturated heterocycles. The van der Waals surface area contributed by atoms with Gasteiger partial charge in [-0.05, 0) is 11.1 Å². The van der Waals surface area contributed by atoms with E-state index in [4.69, 9.17) is 5.11 Å². The fourth-order valence-corrected chi connectivity index (χ4v) is 3.35. The first-order chi connectivity index (χ1) is 10.7. The van der Waals surface area contributed by atoms with E-state index < -0.39 is 34.6 Å². The first-order valence-electron chi connectivity index (χ1n) is 6.60. The average molecular weight is 340 g/mol. The Bertz CT molecular complexity index is 683. The Kier molecular flexibility index (Phi) is 4.73. The highest BCUT2D eigenvalue weighted by Gasteiger charge is 2.29. The summed E-state index contributed by atoms with van der Waals surface area (Å²) < 4.78 is 21.6. The van der Waals surface area contributed by atoms with E-state index in [2.05, 4.69) is 10.0 Å². The molecule has 23 heavy (non-hydrogen) atoms. The summed E-state index contributed by atoms with van der Waals surface area (Å²) in [5.74, 6) is -2.17. The largest absolute Gasteiger partial charge is 0.480 e. The molecule has 1 aromatic carbocycles. The molecule has 124 valence electrons. The molecule has 0 unspecified atom stereocenters. The van der Waals surface area contributed by atoms with E-state index in [1.54, 1.807) is 24.3 Å². The lowest BCUT2D eigenvalue weighted by Gasteiger charge is -2.29. The molecule has 5 N–H and O–H groups in total. The summed E-state index contributed by atoms with van der Waals surface area (Å²) in [4.78, 5) is 33.4. The van der Waals surface area contributed by atoms with E-state index >= 15 is 0 Å². The van der Waals surface area contributed by atoms with Crippen LogP contribution in [0.25, 0.3) is 4.91 Å². The number of benzene rings is 1. The van der Waals surface area contributed by atoms with Crippen LogP contribution in [0.4, 0.5) is 0 Å². The van der Waals surface area contributed by atoms with E-state index in [1.165, 1.54) is 6.92 Å². The van der Waals surface area contributed by atoms with Crippen LogP contribution in [0.1, 0.15) is 18.1 Å². The van der Waals surface area contributed by atoms with Crippen LogP contribution in [0.5, 0.6) is 0 Å². The Hall–Kier alpha value is -2.36. The summed E-state index contributed by atoms with van der Waals surface area (Å²) in [5.41, 5.74) is 1.09. The van der Waals surface area contributed by atoms with Gasteiger partial charge < -0.3 is 10.4 Å². The smallest absolute Gasteiger partial charge is 0.326 e. The maximum absolute atomic E-state index is 11.2. The highest BCUT2D eigenvalue weighted by Crippen LogP contribution is 2.52. The van der Waals surface area contributed by atoms with Crippen molar-refractivity contribution in [1.29, 1.82) is 0 Å². The van der Waals surface area contributed by atoms with Gasteiger partial charge in [-0.15, -0.1) is 0 Å². The third-order valence-electron chi connectivity index (χ3n) is 3.17. The molecule has 0 aliphatic carbocycles. The van der Waals surface area contributed by atoms with Gasteiger partial charge in [-0.2, -0.15) is 0 Å². The van der Waals surface area contributed by atoms with Crippen LogP contribution in [-0.2, 0) is 20.8 Å². The SMILES string of the molecule is CC(=O)N[C@@H](Cc1ccc(C2=CC(=O)NS2(O)O)cc1)C(=O)O. The van der Waals surface area contributed by atoms with E-state index in [0.29, 0.717) is 11.1 Å². The van der Waals surface area contributed by atoms with Gasteiger partial charge in [0.1, 0.15) is 6.04 Å². The van der Waals surface area contributed by atoms with Crippen LogP contribution < -0.4 is 10.0 Å². The van der Waals surface area contributed by atoms with E-state index in [9.17, 15) is 23.5 Å². The van der Waals surface area contributed by atoms with Crippen molar-refractivity contribution in [3.05, 3.63) is 41.5 Å². The fraction of sp³-hybridized carbons (Fsp3) is 0.214. The molecule has 1 atom stereocenters. The molecule has 2 amide bonds. The van der Waals surface area contributed by atoms with Crippen molar-refractivity contribution in [3.8, 4) is 0 Å². The lowest BCUT2D eigenvalue weighted by atomic mass is 10.0. The number of hydrogen-bond acceptors (Lipinski definition) is 5. The topological polar surface area (TPSA) is 136 Å². The van der Waals surface area contributed by atoms with Crippen LogP contribution >= 0.6 is 10.8 Å². The van der Waals surface area contributed by atoms with Crippen molar-refractivity contribution in [3.63, 3.8) is 0 Å². The molecular formula is C14H16N2O6S. The molecule has 0 fully saturated rings. The molecule has 2 rings (SSSR count). The molecule has 0 spiro atoms. The number of amides is 2. The first kappa shape index (κ1) is 17.0. The van der Waals surface area contributed by atoms with Gasteiger partial charge in [0.2, 0.25) is 5.91 Å². The van der Waals surface area contributed by atoms with Crippen molar-refractivity contribution in [1.82, 2.24) is 10.0 Å². The second-order valence-corrected chi connectivity index (χ2v) is 6.76. The molecule has 1 aliphatic heterocycles. The third-order valence-corrected chi connectivity index (χ3v) is 4.62. The van der Waals surface area contributed by atoms with E-state index in [0.717, 1.165) is 6.08 Å². The molecule has 0 saturated carbocycles. The Labute approximate surface area is 133 Å². The summed E-state index contributed by atoms with van der Waals surface area (Å²) >= 11 is 0. The summed E-state index contributed by atoms with van der Waals surface area (Å²) in [7, 11) is -3.34. The maximum atomic E-state index is 11.2. The van der Waals surface area contributed by atoms with Crippen LogP contribution in [0, 0.1) is 0 Å². The minimum Gasteiger partial charge on any atom is -0.480 e. The van der Waals surface area contributed by atoms with Gasteiger partial charge in [0.25, 0.3) is 5.91 Å². The normalized spacial score (nSPS) is 18.6. The molecule has 9 heteroatoms. The zero-order valence-corrected chi connectivity index (χ0v) is 13.0. The molecule has 8 nitrogen and oxygen atoms in total. The first-order valence-corrected chi connectivity index (χ1v) is 8.14. The molecule has 0 aromatic heterocycles. The van der Waals surface area contributed by atoms with Gasteiger partial charge in [-0.25, -0.2) is 9.52 Å². The second-order valence-electron chi connectivity index (χ2n) is 5.02. The summed E-state index contributed by atoms with van der Waals surface area (Å²) in [6, 6.07) is 5.27. The Morgan fingerprint density at radius 2 is 1.87 bits per heavy atom. The zero-order valence-electron chi connectivity index (χ0n) is 12.1. The van der Waals surface area contributed by atoms with Crippen molar-refractivity contribution in [2.45, 2.75) is 19.4 Å². The van der Waals surface area contributed by atoms with Crippen molar-refractivity contribution in [2.24, 2.45) is 0 Å².